The monoisotopic (exact) mass is 267 g/mol. The van der Waals surface area contributed by atoms with Crippen LogP contribution in [-0.2, 0) is 11.3 Å². The molecule has 2 N–H and O–H groups in total. The Bertz CT molecular complexity index is 449. The molecular weight excluding hydrogens is 242 g/mol. The molecule has 1 rings (SSSR count). The van der Waals surface area contributed by atoms with Crippen LogP contribution in [0.3, 0.4) is 0 Å². The molecule has 1 unspecified atom stereocenters. The minimum Gasteiger partial charge on any atom is -0.370 e. The molecule has 0 saturated heterocycles. The molecule has 19 heavy (non-hydrogen) atoms. The third kappa shape index (κ3) is 4.76. The Hall–Kier alpha value is -1.20. The van der Waals surface area contributed by atoms with E-state index in [9.17, 15) is 4.79 Å². The Morgan fingerprint density at radius 2 is 2.11 bits per heavy atom. The van der Waals surface area contributed by atoms with Crippen LogP contribution in [0.25, 0.3) is 0 Å². The van der Waals surface area contributed by atoms with Crippen molar-refractivity contribution < 1.29 is 4.74 Å². The van der Waals surface area contributed by atoms with Gasteiger partial charge in [0.15, 0.2) is 0 Å². The smallest absolute Gasteiger partial charge is 0.251 e. The Labute approximate surface area is 114 Å². The number of H-pyrrole nitrogens is 1. The number of ether oxygens (including phenoxy) is 1. The summed E-state index contributed by atoms with van der Waals surface area (Å²) in [5, 5.41) is 3.17. The molecule has 5 nitrogen and oxygen atoms in total. The Morgan fingerprint density at radius 1 is 1.42 bits per heavy atom. The molecule has 0 saturated carbocycles. The molecule has 0 bridgehead atoms. The van der Waals surface area contributed by atoms with E-state index in [4.69, 9.17) is 4.74 Å². The van der Waals surface area contributed by atoms with E-state index in [1.165, 1.54) is 6.07 Å². The molecule has 0 spiro atoms. The van der Waals surface area contributed by atoms with Gasteiger partial charge in [-0.2, -0.15) is 0 Å². The van der Waals surface area contributed by atoms with E-state index in [1.54, 1.807) is 0 Å². The summed E-state index contributed by atoms with van der Waals surface area (Å²) in [6.07, 6.45) is -0.216. The molecule has 0 aliphatic carbocycles. The molecular formula is C14H25N3O2. The fourth-order valence-corrected chi connectivity index (χ4v) is 1.90. The zero-order chi connectivity index (χ0) is 14.5. The van der Waals surface area contributed by atoms with E-state index < -0.39 is 0 Å². The van der Waals surface area contributed by atoms with Crippen LogP contribution in [0.15, 0.2) is 10.9 Å². The maximum absolute atomic E-state index is 11.7. The lowest BCUT2D eigenvalue weighted by molar-refractivity contribution is -0.0194. The quantitative estimate of drug-likeness (QED) is 0.827. The Balaban J connectivity index is 3.09. The van der Waals surface area contributed by atoms with E-state index in [1.807, 2.05) is 13.8 Å². The van der Waals surface area contributed by atoms with Crippen molar-refractivity contribution in [3.05, 3.63) is 27.9 Å². The van der Waals surface area contributed by atoms with Crippen LogP contribution < -0.4 is 10.9 Å². The molecule has 1 aromatic heterocycles. The largest absolute Gasteiger partial charge is 0.370 e. The van der Waals surface area contributed by atoms with Gasteiger partial charge >= 0.3 is 0 Å². The number of rotatable bonds is 6. The predicted molar refractivity (Wildman–Crippen MR) is 76.1 cm³/mol. The lowest BCUT2D eigenvalue weighted by Gasteiger charge is -2.29. The van der Waals surface area contributed by atoms with Crippen molar-refractivity contribution in [2.24, 2.45) is 5.41 Å². The van der Waals surface area contributed by atoms with Crippen molar-refractivity contribution in [1.29, 1.82) is 0 Å². The zero-order valence-electron chi connectivity index (χ0n) is 12.5. The molecule has 1 atom stereocenters. The second kappa shape index (κ2) is 6.82. The molecule has 1 aromatic rings. The summed E-state index contributed by atoms with van der Waals surface area (Å²) < 4.78 is 5.75. The number of aromatic nitrogens is 2. The van der Waals surface area contributed by atoms with Gasteiger partial charge in [0, 0.05) is 19.2 Å². The van der Waals surface area contributed by atoms with Gasteiger partial charge in [-0.25, -0.2) is 4.98 Å². The van der Waals surface area contributed by atoms with Crippen LogP contribution in [0, 0.1) is 5.41 Å². The van der Waals surface area contributed by atoms with E-state index in [0.29, 0.717) is 19.0 Å². The Morgan fingerprint density at radius 3 is 2.63 bits per heavy atom. The van der Waals surface area contributed by atoms with Gasteiger partial charge in [-0.3, -0.25) is 4.79 Å². The minimum atomic E-state index is -0.216. The van der Waals surface area contributed by atoms with Gasteiger partial charge in [0.1, 0.15) is 11.9 Å². The van der Waals surface area contributed by atoms with Gasteiger partial charge in [0.2, 0.25) is 0 Å². The first-order chi connectivity index (χ1) is 8.88. The van der Waals surface area contributed by atoms with Gasteiger partial charge in [0.05, 0.1) is 5.69 Å². The van der Waals surface area contributed by atoms with Crippen molar-refractivity contribution in [2.45, 2.75) is 47.3 Å². The first kappa shape index (κ1) is 15.9. The fraction of sp³-hybridized carbons (Fsp3) is 0.714. The second-order valence-electron chi connectivity index (χ2n) is 5.60. The van der Waals surface area contributed by atoms with E-state index in [2.05, 4.69) is 36.1 Å². The normalized spacial score (nSPS) is 13.5. The SMILES string of the molecule is CCNCc1cc(=O)[nH]c(C(OCC)C(C)(C)C)n1. The summed E-state index contributed by atoms with van der Waals surface area (Å²) in [5.74, 6) is 0.606. The molecule has 0 fully saturated rings. The van der Waals surface area contributed by atoms with Crippen LogP contribution >= 0.6 is 0 Å². The highest BCUT2D eigenvalue weighted by molar-refractivity contribution is 5.06. The van der Waals surface area contributed by atoms with Crippen LogP contribution in [0.5, 0.6) is 0 Å². The summed E-state index contributed by atoms with van der Waals surface area (Å²) in [7, 11) is 0. The number of nitrogens with one attached hydrogen (secondary N) is 2. The number of hydrogen-bond acceptors (Lipinski definition) is 4. The molecule has 1 heterocycles. The highest BCUT2D eigenvalue weighted by Crippen LogP contribution is 2.33. The maximum Gasteiger partial charge on any atom is 0.251 e. The molecule has 0 amide bonds. The van der Waals surface area contributed by atoms with Crippen molar-refractivity contribution in [3.8, 4) is 0 Å². The fourth-order valence-electron chi connectivity index (χ4n) is 1.90. The third-order valence-electron chi connectivity index (χ3n) is 2.74. The average Bonchev–Trinajstić information content (AvgIpc) is 2.31. The van der Waals surface area contributed by atoms with Crippen molar-refractivity contribution in [3.63, 3.8) is 0 Å². The van der Waals surface area contributed by atoms with E-state index in [-0.39, 0.29) is 17.1 Å². The molecule has 0 aromatic carbocycles. The van der Waals surface area contributed by atoms with Gasteiger partial charge < -0.3 is 15.0 Å². The number of nitrogens with zero attached hydrogens (tertiary/aromatic N) is 1. The summed E-state index contributed by atoms with van der Waals surface area (Å²) in [5.41, 5.74) is 0.490. The van der Waals surface area contributed by atoms with Gasteiger partial charge in [0.25, 0.3) is 5.56 Å². The summed E-state index contributed by atoms with van der Waals surface area (Å²) in [6, 6.07) is 1.53. The second-order valence-corrected chi connectivity index (χ2v) is 5.60. The van der Waals surface area contributed by atoms with Gasteiger partial charge in [-0.15, -0.1) is 0 Å². The lowest BCUT2D eigenvalue weighted by atomic mass is 9.88. The zero-order valence-corrected chi connectivity index (χ0v) is 12.5. The van der Waals surface area contributed by atoms with Crippen molar-refractivity contribution in [2.75, 3.05) is 13.2 Å². The van der Waals surface area contributed by atoms with Crippen LogP contribution in [0.2, 0.25) is 0 Å². The van der Waals surface area contributed by atoms with Gasteiger partial charge in [-0.05, 0) is 18.9 Å². The number of hydrogen-bond donors (Lipinski definition) is 2. The highest BCUT2D eigenvalue weighted by atomic mass is 16.5. The predicted octanol–water partition coefficient (Wildman–Crippen LogP) is 2.00. The first-order valence-corrected chi connectivity index (χ1v) is 6.81. The molecule has 0 aliphatic rings. The number of aromatic amines is 1. The minimum absolute atomic E-state index is 0.122. The molecule has 108 valence electrons. The van der Waals surface area contributed by atoms with Crippen LogP contribution in [0.1, 0.15) is 52.2 Å². The third-order valence-corrected chi connectivity index (χ3v) is 2.74. The van der Waals surface area contributed by atoms with Crippen molar-refractivity contribution in [1.82, 2.24) is 15.3 Å². The Kier molecular flexibility index (Phi) is 5.69. The standard InChI is InChI=1S/C14H25N3O2/c1-6-15-9-10-8-11(18)17-13(16-10)12(19-7-2)14(3,4)5/h8,12,15H,6-7,9H2,1-5H3,(H,16,17,18). The van der Waals surface area contributed by atoms with Crippen LogP contribution in [-0.4, -0.2) is 23.1 Å². The highest BCUT2D eigenvalue weighted by Gasteiger charge is 2.29. The van der Waals surface area contributed by atoms with Gasteiger partial charge in [-0.1, -0.05) is 27.7 Å². The first-order valence-electron chi connectivity index (χ1n) is 6.81. The summed E-state index contributed by atoms with van der Waals surface area (Å²) in [4.78, 5) is 19.0. The topological polar surface area (TPSA) is 67.0 Å². The lowest BCUT2D eigenvalue weighted by Crippen LogP contribution is -2.27. The summed E-state index contributed by atoms with van der Waals surface area (Å²) in [6.45, 7) is 12.2. The van der Waals surface area contributed by atoms with E-state index in [0.717, 1.165) is 12.2 Å². The summed E-state index contributed by atoms with van der Waals surface area (Å²) >= 11 is 0. The molecule has 0 aliphatic heterocycles. The average molecular weight is 267 g/mol. The molecule has 5 heteroatoms. The maximum atomic E-state index is 11.7. The van der Waals surface area contributed by atoms with Crippen LogP contribution in [0.4, 0.5) is 0 Å². The molecule has 0 radical (unpaired) electrons. The van der Waals surface area contributed by atoms with E-state index >= 15 is 0 Å². The van der Waals surface area contributed by atoms with Crippen molar-refractivity contribution >= 4 is 0 Å².